The Balaban J connectivity index is 2.12. The molecule has 1 aromatic carbocycles. The van der Waals surface area contributed by atoms with Gasteiger partial charge < -0.3 is 15.8 Å². The van der Waals surface area contributed by atoms with Crippen molar-refractivity contribution in [3.05, 3.63) is 18.2 Å². The molecule has 0 saturated carbocycles. The van der Waals surface area contributed by atoms with Crippen molar-refractivity contribution in [2.24, 2.45) is 11.1 Å². The Bertz CT molecular complexity index is 793. The lowest BCUT2D eigenvalue weighted by Gasteiger charge is -2.42. The highest BCUT2D eigenvalue weighted by Gasteiger charge is 2.34. The van der Waals surface area contributed by atoms with E-state index in [1.165, 1.54) is 33.3 Å². The van der Waals surface area contributed by atoms with Crippen LogP contribution in [0.2, 0.25) is 0 Å². The SMILES string of the molecule is COc1ccc(NC(=O)CN2CCC(N)C(C)(C)C2)cc1S(=O)(=O)N(C)C. The van der Waals surface area contributed by atoms with Crippen LogP contribution in [0, 0.1) is 5.41 Å². The van der Waals surface area contributed by atoms with E-state index in [1.807, 2.05) is 0 Å². The first kappa shape index (κ1) is 21.6. The largest absolute Gasteiger partial charge is 0.495 e. The summed E-state index contributed by atoms with van der Waals surface area (Å²) in [5.74, 6) is 0.0353. The maximum absolute atomic E-state index is 12.5. The number of ether oxygens (including phenoxy) is 1. The fourth-order valence-electron chi connectivity index (χ4n) is 3.18. The van der Waals surface area contributed by atoms with Crippen LogP contribution in [-0.2, 0) is 14.8 Å². The molecule has 1 aromatic rings. The number of nitrogens with two attached hydrogens (primary N) is 1. The number of piperidine rings is 1. The molecule has 0 aliphatic carbocycles. The van der Waals surface area contributed by atoms with Crippen molar-refractivity contribution >= 4 is 21.6 Å². The van der Waals surface area contributed by atoms with Gasteiger partial charge in [-0.15, -0.1) is 0 Å². The lowest BCUT2D eigenvalue weighted by atomic mass is 9.80. The molecular formula is C18H30N4O4S. The standard InChI is InChI=1S/C18H30N4O4S/c1-18(2)12-22(9-8-16(18)19)11-17(23)20-13-6-7-14(26-5)15(10-13)27(24,25)21(3)4/h6-7,10,16H,8-9,11-12,19H2,1-5H3,(H,20,23). The molecule has 1 amide bonds. The van der Waals surface area contributed by atoms with Gasteiger partial charge in [0.15, 0.2) is 0 Å². The maximum Gasteiger partial charge on any atom is 0.246 e. The van der Waals surface area contributed by atoms with Crippen LogP contribution in [0.15, 0.2) is 23.1 Å². The van der Waals surface area contributed by atoms with Gasteiger partial charge in [0, 0.05) is 38.9 Å². The second-order valence-corrected chi connectivity index (χ2v) is 9.92. The molecule has 1 atom stereocenters. The average Bonchev–Trinajstić information content (AvgIpc) is 2.57. The minimum Gasteiger partial charge on any atom is -0.495 e. The summed E-state index contributed by atoms with van der Waals surface area (Å²) in [5.41, 5.74) is 6.50. The van der Waals surface area contributed by atoms with Crippen LogP contribution in [0.1, 0.15) is 20.3 Å². The summed E-state index contributed by atoms with van der Waals surface area (Å²) in [4.78, 5) is 14.5. The molecule has 1 fully saturated rings. The highest BCUT2D eigenvalue weighted by Crippen LogP contribution is 2.29. The third-order valence-corrected chi connectivity index (χ3v) is 6.80. The number of methoxy groups -OCH3 is 1. The second kappa shape index (κ2) is 8.14. The Morgan fingerprint density at radius 3 is 2.63 bits per heavy atom. The summed E-state index contributed by atoms with van der Waals surface area (Å²) in [6, 6.07) is 4.70. The molecule has 0 aromatic heterocycles. The van der Waals surface area contributed by atoms with E-state index in [-0.39, 0.29) is 34.6 Å². The van der Waals surface area contributed by atoms with Gasteiger partial charge in [-0.05, 0) is 30.0 Å². The van der Waals surface area contributed by atoms with Gasteiger partial charge >= 0.3 is 0 Å². The number of carbonyl (C=O) groups is 1. The molecule has 27 heavy (non-hydrogen) atoms. The molecule has 0 bridgehead atoms. The quantitative estimate of drug-likeness (QED) is 0.739. The van der Waals surface area contributed by atoms with E-state index in [4.69, 9.17) is 10.5 Å². The Hall–Kier alpha value is -1.68. The summed E-state index contributed by atoms with van der Waals surface area (Å²) in [6.07, 6.45) is 0.841. The Kier molecular flexibility index (Phi) is 6.51. The van der Waals surface area contributed by atoms with Crippen molar-refractivity contribution in [3.63, 3.8) is 0 Å². The summed E-state index contributed by atoms with van der Waals surface area (Å²) in [7, 11) is 0.608. The number of likely N-dealkylation sites (tertiary alicyclic amines) is 1. The summed E-state index contributed by atoms with van der Waals surface area (Å²) in [5, 5.41) is 2.78. The molecule has 3 N–H and O–H groups in total. The first-order valence-electron chi connectivity index (χ1n) is 8.86. The first-order valence-corrected chi connectivity index (χ1v) is 10.3. The van der Waals surface area contributed by atoms with E-state index < -0.39 is 10.0 Å². The third-order valence-electron chi connectivity index (χ3n) is 4.96. The average molecular weight is 399 g/mol. The van der Waals surface area contributed by atoms with Gasteiger partial charge in [-0.3, -0.25) is 9.69 Å². The minimum absolute atomic E-state index is 0.0119. The molecular weight excluding hydrogens is 368 g/mol. The molecule has 1 heterocycles. The zero-order valence-electron chi connectivity index (χ0n) is 16.7. The Morgan fingerprint density at radius 2 is 2.07 bits per heavy atom. The molecule has 0 radical (unpaired) electrons. The van der Waals surface area contributed by atoms with Gasteiger partial charge in [-0.25, -0.2) is 12.7 Å². The van der Waals surface area contributed by atoms with E-state index in [9.17, 15) is 13.2 Å². The van der Waals surface area contributed by atoms with E-state index in [0.717, 1.165) is 23.8 Å². The van der Waals surface area contributed by atoms with Crippen LogP contribution >= 0.6 is 0 Å². The molecule has 1 aliphatic heterocycles. The summed E-state index contributed by atoms with van der Waals surface area (Å²) >= 11 is 0. The smallest absolute Gasteiger partial charge is 0.246 e. The maximum atomic E-state index is 12.5. The Labute approximate surface area is 161 Å². The van der Waals surface area contributed by atoms with Crippen LogP contribution in [0.5, 0.6) is 5.75 Å². The van der Waals surface area contributed by atoms with Gasteiger partial charge in [-0.2, -0.15) is 0 Å². The fraction of sp³-hybridized carbons (Fsp3) is 0.611. The topological polar surface area (TPSA) is 105 Å². The van der Waals surface area contributed by atoms with Crippen LogP contribution in [0.3, 0.4) is 0 Å². The van der Waals surface area contributed by atoms with Gasteiger partial charge in [0.2, 0.25) is 15.9 Å². The number of carbonyl (C=O) groups excluding carboxylic acids is 1. The predicted octanol–water partition coefficient (Wildman–Crippen LogP) is 0.943. The van der Waals surface area contributed by atoms with Crippen molar-refractivity contribution in [1.82, 2.24) is 9.21 Å². The third kappa shape index (κ3) is 4.98. The van der Waals surface area contributed by atoms with Crippen LogP contribution in [0.25, 0.3) is 0 Å². The van der Waals surface area contributed by atoms with Gasteiger partial charge in [0.1, 0.15) is 10.6 Å². The van der Waals surface area contributed by atoms with Gasteiger partial charge in [0.05, 0.1) is 13.7 Å². The van der Waals surface area contributed by atoms with Crippen LogP contribution < -0.4 is 15.8 Å². The lowest BCUT2D eigenvalue weighted by molar-refractivity contribution is -0.118. The first-order chi connectivity index (χ1) is 12.5. The van der Waals surface area contributed by atoms with Crippen molar-refractivity contribution in [1.29, 1.82) is 0 Å². The molecule has 152 valence electrons. The number of sulfonamides is 1. The fourth-order valence-corrected chi connectivity index (χ4v) is 4.25. The van der Waals surface area contributed by atoms with E-state index in [1.54, 1.807) is 6.07 Å². The number of nitrogens with zero attached hydrogens (tertiary/aromatic N) is 2. The molecule has 2 rings (SSSR count). The highest BCUT2D eigenvalue weighted by atomic mass is 32.2. The van der Waals surface area contributed by atoms with Crippen LogP contribution in [0.4, 0.5) is 5.69 Å². The molecule has 1 aliphatic rings. The number of rotatable bonds is 6. The number of benzene rings is 1. The summed E-state index contributed by atoms with van der Waals surface area (Å²) in [6.45, 7) is 5.94. The van der Waals surface area contributed by atoms with E-state index >= 15 is 0 Å². The number of amides is 1. The summed E-state index contributed by atoms with van der Waals surface area (Å²) < 4.78 is 31.2. The van der Waals surface area contributed by atoms with Crippen molar-refractivity contribution < 1.29 is 17.9 Å². The zero-order valence-corrected chi connectivity index (χ0v) is 17.5. The van der Waals surface area contributed by atoms with E-state index in [0.29, 0.717) is 5.69 Å². The monoisotopic (exact) mass is 398 g/mol. The number of hydrogen-bond donors (Lipinski definition) is 2. The molecule has 1 unspecified atom stereocenters. The minimum atomic E-state index is -3.69. The second-order valence-electron chi connectivity index (χ2n) is 7.80. The molecule has 1 saturated heterocycles. The van der Waals surface area contributed by atoms with Gasteiger partial charge in [0.25, 0.3) is 0 Å². The van der Waals surface area contributed by atoms with E-state index in [2.05, 4.69) is 24.1 Å². The Morgan fingerprint density at radius 1 is 1.41 bits per heavy atom. The predicted molar refractivity (Wildman–Crippen MR) is 105 cm³/mol. The molecule has 8 nitrogen and oxygen atoms in total. The molecule has 9 heteroatoms. The number of hydrogen-bond acceptors (Lipinski definition) is 6. The number of anilines is 1. The highest BCUT2D eigenvalue weighted by molar-refractivity contribution is 7.89. The normalized spacial score (nSPS) is 20.5. The van der Waals surface area contributed by atoms with Crippen LogP contribution in [-0.4, -0.2) is 70.4 Å². The van der Waals surface area contributed by atoms with Crippen molar-refractivity contribution in [2.45, 2.75) is 31.2 Å². The zero-order chi connectivity index (χ0) is 20.4. The lowest BCUT2D eigenvalue weighted by Crippen LogP contribution is -2.53. The molecule has 0 spiro atoms. The van der Waals surface area contributed by atoms with Crippen molar-refractivity contribution in [3.8, 4) is 5.75 Å². The van der Waals surface area contributed by atoms with Crippen molar-refractivity contribution in [2.75, 3.05) is 46.2 Å². The number of nitrogens with one attached hydrogen (secondary N) is 1. The van der Waals surface area contributed by atoms with Gasteiger partial charge in [-0.1, -0.05) is 13.8 Å².